The van der Waals surface area contributed by atoms with Crippen molar-refractivity contribution in [2.24, 2.45) is 0 Å². The maximum atomic E-state index is 11.6. The summed E-state index contributed by atoms with van der Waals surface area (Å²) in [4.78, 5) is 22.3. The van der Waals surface area contributed by atoms with Crippen molar-refractivity contribution in [1.29, 1.82) is 0 Å². The van der Waals surface area contributed by atoms with Gasteiger partial charge in [0, 0.05) is 19.0 Å². The molecule has 112 valence electrons. The number of carbonyl (C=O) groups excluding carboxylic acids is 1. The summed E-state index contributed by atoms with van der Waals surface area (Å²) in [5, 5.41) is 14.8. The molecule has 0 saturated heterocycles. The minimum Gasteiger partial charge on any atom is -0.475 e. The Balaban J connectivity index is 2.34. The number of carboxylic acids is 1. The van der Waals surface area contributed by atoms with Gasteiger partial charge in [0.2, 0.25) is 11.7 Å². The number of hydrogen-bond donors (Lipinski definition) is 3. The lowest BCUT2D eigenvalue weighted by Gasteiger charge is -2.13. The largest absolute Gasteiger partial charge is 0.475 e. The zero-order valence-corrected chi connectivity index (χ0v) is 12.1. The SMILES string of the molecule is CCC(C)NC(=O)CCNC(C)c1ccc(C(=O)O)o1. The maximum Gasteiger partial charge on any atom is 0.371 e. The molecule has 20 heavy (non-hydrogen) atoms. The molecule has 1 aromatic rings. The van der Waals surface area contributed by atoms with Crippen LogP contribution in [0.4, 0.5) is 0 Å². The molecule has 1 aromatic heterocycles. The topological polar surface area (TPSA) is 91.6 Å². The molecule has 1 amide bonds. The van der Waals surface area contributed by atoms with E-state index in [1.165, 1.54) is 6.07 Å². The average Bonchev–Trinajstić information content (AvgIpc) is 2.88. The first-order valence-electron chi connectivity index (χ1n) is 6.79. The van der Waals surface area contributed by atoms with Crippen LogP contribution in [0, 0.1) is 0 Å². The van der Waals surface area contributed by atoms with Crippen LogP contribution < -0.4 is 10.6 Å². The molecule has 0 aliphatic heterocycles. The van der Waals surface area contributed by atoms with E-state index in [0.717, 1.165) is 6.42 Å². The summed E-state index contributed by atoms with van der Waals surface area (Å²) in [6.07, 6.45) is 1.28. The number of hydrogen-bond acceptors (Lipinski definition) is 4. The predicted molar refractivity (Wildman–Crippen MR) is 74.6 cm³/mol. The van der Waals surface area contributed by atoms with Crippen molar-refractivity contribution in [2.45, 2.75) is 45.7 Å². The van der Waals surface area contributed by atoms with Gasteiger partial charge >= 0.3 is 5.97 Å². The first-order chi connectivity index (χ1) is 9.43. The number of carboxylic acid groups (broad SMARTS) is 1. The van der Waals surface area contributed by atoms with Gasteiger partial charge in [0.25, 0.3) is 0 Å². The monoisotopic (exact) mass is 282 g/mol. The fraction of sp³-hybridized carbons (Fsp3) is 0.571. The normalized spacial score (nSPS) is 13.8. The van der Waals surface area contributed by atoms with Gasteiger partial charge in [0.05, 0.1) is 6.04 Å². The van der Waals surface area contributed by atoms with E-state index in [1.807, 2.05) is 20.8 Å². The van der Waals surface area contributed by atoms with Gasteiger partial charge in [-0.15, -0.1) is 0 Å². The van der Waals surface area contributed by atoms with Crippen LogP contribution in [0.2, 0.25) is 0 Å². The lowest BCUT2D eigenvalue weighted by molar-refractivity contribution is -0.121. The Kier molecular flexibility index (Phi) is 6.24. The van der Waals surface area contributed by atoms with Crippen LogP contribution in [-0.2, 0) is 4.79 Å². The summed E-state index contributed by atoms with van der Waals surface area (Å²) in [6, 6.07) is 3.09. The van der Waals surface area contributed by atoms with Gasteiger partial charge in [-0.3, -0.25) is 4.79 Å². The van der Waals surface area contributed by atoms with Crippen LogP contribution in [0.25, 0.3) is 0 Å². The van der Waals surface area contributed by atoms with E-state index >= 15 is 0 Å². The number of furan rings is 1. The molecule has 0 aliphatic rings. The van der Waals surface area contributed by atoms with Crippen LogP contribution in [-0.4, -0.2) is 29.6 Å². The van der Waals surface area contributed by atoms with E-state index in [0.29, 0.717) is 18.7 Å². The zero-order chi connectivity index (χ0) is 15.1. The lowest BCUT2D eigenvalue weighted by atomic mass is 10.2. The molecule has 2 atom stereocenters. The van der Waals surface area contributed by atoms with Crippen molar-refractivity contribution in [3.63, 3.8) is 0 Å². The predicted octanol–water partition coefficient (Wildman–Crippen LogP) is 1.93. The Bertz CT molecular complexity index is 456. The Hall–Kier alpha value is -1.82. The number of nitrogens with one attached hydrogen (secondary N) is 2. The van der Waals surface area contributed by atoms with Gasteiger partial charge in [-0.05, 0) is 32.4 Å². The second-order valence-corrected chi connectivity index (χ2v) is 4.81. The molecule has 6 heteroatoms. The first kappa shape index (κ1) is 16.2. The van der Waals surface area contributed by atoms with Gasteiger partial charge in [-0.1, -0.05) is 6.92 Å². The summed E-state index contributed by atoms with van der Waals surface area (Å²) in [6.45, 7) is 6.34. The first-order valence-corrected chi connectivity index (χ1v) is 6.79. The second kappa shape index (κ2) is 7.69. The molecule has 0 saturated carbocycles. The molecule has 0 aromatic carbocycles. The third-order valence-corrected chi connectivity index (χ3v) is 3.09. The van der Waals surface area contributed by atoms with Crippen molar-refractivity contribution < 1.29 is 19.1 Å². The van der Waals surface area contributed by atoms with Crippen LogP contribution >= 0.6 is 0 Å². The fourth-order valence-electron chi connectivity index (χ4n) is 1.65. The van der Waals surface area contributed by atoms with E-state index in [4.69, 9.17) is 9.52 Å². The second-order valence-electron chi connectivity index (χ2n) is 4.81. The molecule has 1 heterocycles. The van der Waals surface area contributed by atoms with Crippen LogP contribution in [0.1, 0.15) is 56.0 Å². The van der Waals surface area contributed by atoms with Crippen molar-refractivity contribution >= 4 is 11.9 Å². The van der Waals surface area contributed by atoms with Crippen molar-refractivity contribution in [1.82, 2.24) is 10.6 Å². The molecule has 0 fully saturated rings. The minimum absolute atomic E-state index is 0.00437. The third kappa shape index (κ3) is 5.05. The molecule has 3 N–H and O–H groups in total. The van der Waals surface area contributed by atoms with E-state index < -0.39 is 5.97 Å². The maximum absolute atomic E-state index is 11.6. The highest BCUT2D eigenvalue weighted by atomic mass is 16.4. The van der Waals surface area contributed by atoms with E-state index in [1.54, 1.807) is 6.07 Å². The molecule has 0 aliphatic carbocycles. The third-order valence-electron chi connectivity index (χ3n) is 3.09. The fourth-order valence-corrected chi connectivity index (χ4v) is 1.65. The van der Waals surface area contributed by atoms with Crippen molar-refractivity contribution in [3.05, 3.63) is 23.7 Å². The number of aromatic carboxylic acids is 1. The van der Waals surface area contributed by atoms with Gasteiger partial charge < -0.3 is 20.2 Å². The molecule has 0 bridgehead atoms. The van der Waals surface area contributed by atoms with E-state index in [-0.39, 0.29) is 23.8 Å². The molecule has 0 spiro atoms. The highest BCUT2D eigenvalue weighted by molar-refractivity contribution is 5.84. The van der Waals surface area contributed by atoms with Crippen LogP contribution in [0.5, 0.6) is 0 Å². The minimum atomic E-state index is -1.09. The van der Waals surface area contributed by atoms with Crippen LogP contribution in [0.3, 0.4) is 0 Å². The summed E-state index contributed by atoms with van der Waals surface area (Å²) < 4.78 is 5.18. The van der Waals surface area contributed by atoms with Crippen LogP contribution in [0.15, 0.2) is 16.5 Å². The molecule has 1 rings (SSSR count). The van der Waals surface area contributed by atoms with Gasteiger partial charge in [0.1, 0.15) is 5.76 Å². The Morgan fingerprint density at radius 3 is 2.60 bits per heavy atom. The summed E-state index contributed by atoms with van der Waals surface area (Å²) in [7, 11) is 0. The standard InChI is InChI=1S/C14H22N2O4/c1-4-9(2)16-13(17)7-8-15-10(3)11-5-6-12(20-11)14(18)19/h5-6,9-10,15H,4,7-8H2,1-3H3,(H,16,17)(H,18,19). The Morgan fingerprint density at radius 2 is 2.05 bits per heavy atom. The lowest BCUT2D eigenvalue weighted by Crippen LogP contribution is -2.34. The average molecular weight is 282 g/mol. The van der Waals surface area contributed by atoms with Crippen molar-refractivity contribution in [3.8, 4) is 0 Å². The molecule has 6 nitrogen and oxygen atoms in total. The number of rotatable bonds is 8. The number of amides is 1. The highest BCUT2D eigenvalue weighted by Gasteiger charge is 2.14. The molecule has 2 unspecified atom stereocenters. The summed E-state index contributed by atoms with van der Waals surface area (Å²) in [5.74, 6) is -0.617. The highest BCUT2D eigenvalue weighted by Crippen LogP contribution is 2.16. The smallest absolute Gasteiger partial charge is 0.371 e. The summed E-state index contributed by atoms with van der Waals surface area (Å²) in [5.41, 5.74) is 0. The van der Waals surface area contributed by atoms with Gasteiger partial charge in [0.15, 0.2) is 0 Å². The quantitative estimate of drug-likeness (QED) is 0.677. The van der Waals surface area contributed by atoms with Gasteiger partial charge in [-0.2, -0.15) is 0 Å². The number of carbonyl (C=O) groups is 2. The van der Waals surface area contributed by atoms with Gasteiger partial charge in [-0.25, -0.2) is 4.79 Å². The molecule has 0 radical (unpaired) electrons. The molecular weight excluding hydrogens is 260 g/mol. The zero-order valence-electron chi connectivity index (χ0n) is 12.1. The molecular formula is C14H22N2O4. The summed E-state index contributed by atoms with van der Waals surface area (Å²) >= 11 is 0. The van der Waals surface area contributed by atoms with E-state index in [9.17, 15) is 9.59 Å². The Labute approximate surface area is 118 Å². The van der Waals surface area contributed by atoms with E-state index in [2.05, 4.69) is 10.6 Å². The van der Waals surface area contributed by atoms with Crippen molar-refractivity contribution in [2.75, 3.05) is 6.54 Å². The Morgan fingerprint density at radius 1 is 1.35 bits per heavy atom.